The van der Waals surface area contributed by atoms with Gasteiger partial charge in [0.15, 0.2) is 0 Å². The third kappa shape index (κ3) is 3.42. The van der Waals surface area contributed by atoms with E-state index < -0.39 is 22.0 Å². The highest BCUT2D eigenvalue weighted by Gasteiger charge is 2.29. The van der Waals surface area contributed by atoms with E-state index in [2.05, 4.69) is 0 Å². The number of rotatable bonds is 5. The van der Waals surface area contributed by atoms with E-state index in [1.807, 2.05) is 0 Å². The van der Waals surface area contributed by atoms with Crippen LogP contribution in [0.2, 0.25) is 0 Å². The Bertz CT molecular complexity index is 434. The van der Waals surface area contributed by atoms with Gasteiger partial charge in [0, 0.05) is 26.6 Å². The first-order chi connectivity index (χ1) is 8.25. The molecule has 0 saturated carbocycles. The number of aliphatic carboxylic acids is 1. The second kappa shape index (κ2) is 5.66. The molecule has 0 bridgehead atoms. The lowest BCUT2D eigenvalue weighted by molar-refractivity contribution is -0.148. The van der Waals surface area contributed by atoms with Crippen molar-refractivity contribution in [3.05, 3.63) is 0 Å². The fourth-order valence-corrected chi connectivity index (χ4v) is 3.25. The quantitative estimate of drug-likeness (QED) is 0.720. The van der Waals surface area contributed by atoms with Gasteiger partial charge < -0.3 is 10.0 Å². The zero-order valence-electron chi connectivity index (χ0n) is 10.5. The van der Waals surface area contributed by atoms with Crippen LogP contribution in [-0.2, 0) is 19.6 Å². The minimum atomic E-state index is -3.20. The number of carbonyl (C=O) groups excluding carboxylic acids is 1. The van der Waals surface area contributed by atoms with E-state index >= 15 is 0 Å². The zero-order chi connectivity index (χ0) is 13.9. The first kappa shape index (κ1) is 14.9. The molecule has 104 valence electrons. The number of sulfonamides is 1. The molecular weight excluding hydrogens is 260 g/mol. The van der Waals surface area contributed by atoms with Crippen molar-refractivity contribution in [1.82, 2.24) is 9.21 Å². The Morgan fingerprint density at radius 1 is 1.44 bits per heavy atom. The number of likely N-dealkylation sites (N-methyl/N-ethyl adjacent to an activating group) is 1. The Hall–Kier alpha value is -1.15. The number of carboxylic acids is 1. The van der Waals surface area contributed by atoms with Crippen molar-refractivity contribution < 1.29 is 23.1 Å². The minimum Gasteiger partial charge on any atom is -0.480 e. The van der Waals surface area contributed by atoms with E-state index in [9.17, 15) is 18.0 Å². The van der Waals surface area contributed by atoms with E-state index in [0.717, 1.165) is 4.90 Å². The van der Waals surface area contributed by atoms with Gasteiger partial charge in [0.2, 0.25) is 15.9 Å². The molecule has 1 aliphatic heterocycles. The summed E-state index contributed by atoms with van der Waals surface area (Å²) in [5, 5.41) is 8.76. The summed E-state index contributed by atoms with van der Waals surface area (Å²) < 4.78 is 24.3. The molecule has 1 rings (SSSR count). The van der Waals surface area contributed by atoms with Gasteiger partial charge in [0.1, 0.15) is 6.04 Å². The molecule has 1 fully saturated rings. The summed E-state index contributed by atoms with van der Waals surface area (Å²) >= 11 is 0. The second-order valence-electron chi connectivity index (χ2n) is 4.34. The summed E-state index contributed by atoms with van der Waals surface area (Å²) in [7, 11) is -1.80. The van der Waals surface area contributed by atoms with Crippen LogP contribution in [0.1, 0.15) is 19.8 Å². The Labute approximate surface area is 106 Å². The smallest absolute Gasteiger partial charge is 0.326 e. The average molecular weight is 278 g/mol. The predicted octanol–water partition coefficient (Wildman–Crippen LogP) is -0.656. The standard InChI is InChI=1S/C10H18N2O5S/c1-8(10(14)15)11(2)9(13)4-6-12-5-3-7-18(12,16)17/h8H,3-7H2,1-2H3,(H,14,15)/t8-/m0/s1. The predicted molar refractivity (Wildman–Crippen MR) is 64.5 cm³/mol. The lowest BCUT2D eigenvalue weighted by Crippen LogP contribution is -2.41. The maximum atomic E-state index is 11.7. The van der Waals surface area contributed by atoms with E-state index in [1.54, 1.807) is 0 Å². The van der Waals surface area contributed by atoms with E-state index in [-0.39, 0.29) is 24.6 Å². The van der Waals surface area contributed by atoms with Crippen LogP contribution in [0.25, 0.3) is 0 Å². The maximum Gasteiger partial charge on any atom is 0.326 e. The molecule has 0 spiro atoms. The van der Waals surface area contributed by atoms with Crippen molar-refractivity contribution >= 4 is 21.9 Å². The highest BCUT2D eigenvalue weighted by molar-refractivity contribution is 7.89. The van der Waals surface area contributed by atoms with E-state index in [4.69, 9.17) is 5.11 Å². The molecule has 1 saturated heterocycles. The molecule has 8 heteroatoms. The zero-order valence-corrected chi connectivity index (χ0v) is 11.3. The molecular formula is C10H18N2O5S. The van der Waals surface area contributed by atoms with Gasteiger partial charge in [-0.25, -0.2) is 17.5 Å². The normalized spacial score (nSPS) is 20.6. The third-order valence-electron chi connectivity index (χ3n) is 3.11. The molecule has 0 aromatic heterocycles. The molecule has 1 N–H and O–H groups in total. The molecule has 0 aromatic rings. The van der Waals surface area contributed by atoms with Crippen molar-refractivity contribution in [2.75, 3.05) is 25.9 Å². The van der Waals surface area contributed by atoms with Gasteiger partial charge in [-0.05, 0) is 13.3 Å². The Morgan fingerprint density at radius 2 is 2.06 bits per heavy atom. The van der Waals surface area contributed by atoms with Crippen LogP contribution in [-0.4, -0.2) is 66.5 Å². The molecule has 1 heterocycles. The van der Waals surface area contributed by atoms with Gasteiger partial charge in [-0.2, -0.15) is 0 Å². The maximum absolute atomic E-state index is 11.7. The van der Waals surface area contributed by atoms with Crippen molar-refractivity contribution in [3.8, 4) is 0 Å². The van der Waals surface area contributed by atoms with Crippen LogP contribution in [0, 0.1) is 0 Å². The number of amides is 1. The van der Waals surface area contributed by atoms with Crippen LogP contribution in [0.3, 0.4) is 0 Å². The topological polar surface area (TPSA) is 95.0 Å². The number of carboxylic acid groups (broad SMARTS) is 1. The van der Waals surface area contributed by atoms with Crippen molar-refractivity contribution in [2.45, 2.75) is 25.8 Å². The fraction of sp³-hybridized carbons (Fsp3) is 0.800. The number of hydrogen-bond donors (Lipinski definition) is 1. The highest BCUT2D eigenvalue weighted by atomic mass is 32.2. The lowest BCUT2D eigenvalue weighted by atomic mass is 10.2. The van der Waals surface area contributed by atoms with Gasteiger partial charge in [-0.3, -0.25) is 4.79 Å². The summed E-state index contributed by atoms with van der Waals surface area (Å²) in [6.45, 7) is 1.97. The van der Waals surface area contributed by atoms with Crippen molar-refractivity contribution in [3.63, 3.8) is 0 Å². The Kier molecular flexibility index (Phi) is 4.69. The number of nitrogens with zero attached hydrogens (tertiary/aromatic N) is 2. The highest BCUT2D eigenvalue weighted by Crippen LogP contribution is 2.14. The van der Waals surface area contributed by atoms with Crippen LogP contribution in [0.5, 0.6) is 0 Å². The van der Waals surface area contributed by atoms with Crippen molar-refractivity contribution in [1.29, 1.82) is 0 Å². The molecule has 18 heavy (non-hydrogen) atoms. The number of hydrogen-bond acceptors (Lipinski definition) is 4. The van der Waals surface area contributed by atoms with Gasteiger partial charge in [0.25, 0.3) is 0 Å². The molecule has 0 unspecified atom stereocenters. The van der Waals surface area contributed by atoms with Gasteiger partial charge in [0.05, 0.1) is 5.75 Å². The van der Waals surface area contributed by atoms with Crippen LogP contribution >= 0.6 is 0 Å². The van der Waals surface area contributed by atoms with Gasteiger partial charge in [-0.15, -0.1) is 0 Å². The van der Waals surface area contributed by atoms with E-state index in [0.29, 0.717) is 13.0 Å². The van der Waals surface area contributed by atoms with Crippen LogP contribution < -0.4 is 0 Å². The second-order valence-corrected chi connectivity index (χ2v) is 6.43. The summed E-state index contributed by atoms with van der Waals surface area (Å²) in [5.74, 6) is -1.32. The molecule has 1 aliphatic rings. The molecule has 1 atom stereocenters. The molecule has 0 radical (unpaired) electrons. The van der Waals surface area contributed by atoms with Crippen molar-refractivity contribution in [2.24, 2.45) is 0 Å². The largest absolute Gasteiger partial charge is 0.480 e. The first-order valence-electron chi connectivity index (χ1n) is 5.72. The SMILES string of the molecule is C[C@@H](C(=O)O)N(C)C(=O)CCN1CCCS1(=O)=O. The van der Waals surface area contributed by atoms with Crippen LogP contribution in [0.15, 0.2) is 0 Å². The molecule has 0 aromatic carbocycles. The molecule has 0 aliphatic carbocycles. The van der Waals surface area contributed by atoms with Crippen LogP contribution in [0.4, 0.5) is 0 Å². The third-order valence-corrected chi connectivity index (χ3v) is 5.07. The summed E-state index contributed by atoms with van der Waals surface area (Å²) in [6, 6.07) is -0.910. The lowest BCUT2D eigenvalue weighted by Gasteiger charge is -2.22. The van der Waals surface area contributed by atoms with Gasteiger partial charge in [-0.1, -0.05) is 0 Å². The summed E-state index contributed by atoms with van der Waals surface area (Å²) in [4.78, 5) is 23.5. The van der Waals surface area contributed by atoms with Gasteiger partial charge >= 0.3 is 5.97 Å². The fourth-order valence-electron chi connectivity index (χ4n) is 1.72. The Morgan fingerprint density at radius 3 is 2.50 bits per heavy atom. The molecule has 7 nitrogen and oxygen atoms in total. The van der Waals surface area contributed by atoms with E-state index in [1.165, 1.54) is 18.3 Å². The number of carbonyl (C=O) groups is 2. The molecule has 1 amide bonds. The first-order valence-corrected chi connectivity index (χ1v) is 7.33. The summed E-state index contributed by atoms with van der Waals surface area (Å²) in [5.41, 5.74) is 0. The monoisotopic (exact) mass is 278 g/mol. The Balaban J connectivity index is 2.49. The average Bonchev–Trinajstić information content (AvgIpc) is 2.63. The summed E-state index contributed by atoms with van der Waals surface area (Å²) in [6.07, 6.45) is 0.589. The minimum absolute atomic E-state index is 0.00729.